The molecule has 7 heteroatoms. The van der Waals surface area contributed by atoms with Gasteiger partial charge in [0.05, 0.1) is 24.1 Å². The molecule has 1 saturated heterocycles. The molecule has 2 unspecified atom stereocenters. The van der Waals surface area contributed by atoms with Crippen LogP contribution in [-0.2, 0) is 0 Å². The first-order chi connectivity index (χ1) is 13.3. The summed E-state index contributed by atoms with van der Waals surface area (Å²) in [5.74, 6) is 0.135. The third-order valence-corrected chi connectivity index (χ3v) is 6.87. The topological polar surface area (TPSA) is 60.5 Å². The predicted octanol–water partition coefficient (Wildman–Crippen LogP) is 3.06. The van der Waals surface area contributed by atoms with E-state index >= 15 is 4.39 Å². The van der Waals surface area contributed by atoms with Crippen LogP contribution in [0.25, 0.3) is 10.9 Å². The Hall–Kier alpha value is -2.15. The molecule has 1 aromatic heterocycles. The van der Waals surface area contributed by atoms with Crippen LogP contribution in [0, 0.1) is 18.7 Å². The van der Waals surface area contributed by atoms with E-state index in [0.29, 0.717) is 47.9 Å². The van der Waals surface area contributed by atoms with Crippen LogP contribution in [0.3, 0.4) is 0 Å². The van der Waals surface area contributed by atoms with Crippen molar-refractivity contribution in [2.24, 2.45) is 11.7 Å². The van der Waals surface area contributed by atoms with Gasteiger partial charge in [-0.05, 0) is 31.7 Å². The first kappa shape index (κ1) is 17.9. The quantitative estimate of drug-likeness (QED) is 0.877. The minimum Gasteiger partial charge on any atom is -0.492 e. The van der Waals surface area contributed by atoms with E-state index in [2.05, 4.69) is 0 Å². The van der Waals surface area contributed by atoms with Crippen molar-refractivity contribution in [2.45, 2.75) is 50.4 Å². The Morgan fingerprint density at radius 3 is 2.79 bits per heavy atom. The van der Waals surface area contributed by atoms with Crippen LogP contribution in [0.4, 0.5) is 14.5 Å². The molecule has 2 saturated carbocycles. The Bertz CT molecular complexity index is 1040. The molecule has 2 aromatic rings. The lowest BCUT2D eigenvalue weighted by Crippen LogP contribution is -2.44. The molecular weight excluding hydrogens is 364 g/mol. The number of fused-ring (bicyclic) bond motifs is 2. The molecule has 2 N–H and O–H groups in total. The lowest BCUT2D eigenvalue weighted by atomic mass is 9.92. The zero-order chi connectivity index (χ0) is 19.8. The Morgan fingerprint density at radius 1 is 1.39 bits per heavy atom. The molecule has 5 nitrogen and oxygen atoms in total. The second kappa shape index (κ2) is 5.92. The zero-order valence-electron chi connectivity index (χ0n) is 16.2. The molecule has 5 rings (SSSR count). The number of aromatic nitrogens is 1. The van der Waals surface area contributed by atoms with E-state index < -0.39 is 12.0 Å². The van der Waals surface area contributed by atoms with Gasteiger partial charge in [0, 0.05) is 36.8 Å². The van der Waals surface area contributed by atoms with E-state index in [-0.39, 0.29) is 22.4 Å². The summed E-state index contributed by atoms with van der Waals surface area (Å²) in [5.41, 5.74) is 7.31. The summed E-state index contributed by atoms with van der Waals surface area (Å²) in [7, 11) is 1.47. The van der Waals surface area contributed by atoms with Gasteiger partial charge in [0.1, 0.15) is 11.9 Å². The minimum atomic E-state index is -0.957. The number of benzene rings is 1. The van der Waals surface area contributed by atoms with Crippen LogP contribution < -0.4 is 20.8 Å². The fraction of sp³-hybridized carbons (Fsp3) is 0.571. The number of nitrogens with two attached hydrogens (primary N) is 1. The van der Waals surface area contributed by atoms with E-state index in [1.165, 1.54) is 13.2 Å². The van der Waals surface area contributed by atoms with E-state index in [1.54, 1.807) is 17.7 Å². The maximum absolute atomic E-state index is 15.3. The lowest BCUT2D eigenvalue weighted by molar-refractivity contribution is 0.402. The molecule has 3 aliphatic rings. The van der Waals surface area contributed by atoms with Crippen LogP contribution in [-0.4, -0.2) is 36.5 Å². The SMILES string of the molecule is COc1c(N2CC3CCCC3(N)C2)c(F)cc2c(=O)c(C)cn([C@@H]3C[C@@H]3F)c12. The molecule has 2 heterocycles. The predicted molar refractivity (Wildman–Crippen MR) is 104 cm³/mol. The van der Waals surface area contributed by atoms with Gasteiger partial charge in [0.2, 0.25) is 0 Å². The molecular formula is C21H25F2N3O2. The molecule has 0 bridgehead atoms. The Labute approximate surface area is 162 Å². The Balaban J connectivity index is 1.74. The molecule has 0 radical (unpaired) electrons. The number of anilines is 1. The van der Waals surface area contributed by atoms with Crippen molar-refractivity contribution in [2.75, 3.05) is 25.1 Å². The first-order valence-corrected chi connectivity index (χ1v) is 9.94. The largest absolute Gasteiger partial charge is 0.492 e. The highest BCUT2D eigenvalue weighted by Gasteiger charge is 2.48. The van der Waals surface area contributed by atoms with Gasteiger partial charge in [-0.1, -0.05) is 6.42 Å². The summed E-state index contributed by atoms with van der Waals surface area (Å²) in [4.78, 5) is 14.7. The molecule has 150 valence electrons. The summed E-state index contributed by atoms with van der Waals surface area (Å²) in [6.07, 6.45) is 4.18. The average molecular weight is 389 g/mol. The van der Waals surface area contributed by atoms with E-state index in [9.17, 15) is 9.18 Å². The number of ether oxygens (including phenoxy) is 1. The minimum absolute atomic E-state index is 0.235. The van der Waals surface area contributed by atoms with Gasteiger partial charge in [-0.15, -0.1) is 0 Å². The molecule has 1 aromatic carbocycles. The number of pyridine rings is 1. The van der Waals surface area contributed by atoms with Crippen molar-refractivity contribution in [3.63, 3.8) is 0 Å². The fourth-order valence-corrected chi connectivity index (χ4v) is 5.28. The van der Waals surface area contributed by atoms with Gasteiger partial charge in [-0.3, -0.25) is 4.79 Å². The number of methoxy groups -OCH3 is 1. The standard InChI is InChI=1S/C21H25F2N3O2/c1-11-8-26(16-7-14(16)22)17-13(19(11)27)6-15(23)18(20(17)28-2)25-9-12-4-3-5-21(12,24)10-25/h6,8,12,14,16H,3-5,7,9-10,24H2,1-2H3/t12?,14-,16+,21?/m0/s1. The number of nitrogens with zero attached hydrogens (tertiary/aromatic N) is 2. The Morgan fingerprint density at radius 2 is 2.14 bits per heavy atom. The maximum Gasteiger partial charge on any atom is 0.192 e. The van der Waals surface area contributed by atoms with E-state index in [1.807, 2.05) is 4.90 Å². The van der Waals surface area contributed by atoms with Crippen LogP contribution >= 0.6 is 0 Å². The zero-order valence-corrected chi connectivity index (χ0v) is 16.2. The van der Waals surface area contributed by atoms with Crippen molar-refractivity contribution in [1.29, 1.82) is 0 Å². The van der Waals surface area contributed by atoms with Crippen LogP contribution in [0.15, 0.2) is 17.1 Å². The second-order valence-corrected chi connectivity index (χ2v) is 8.71. The van der Waals surface area contributed by atoms with Crippen LogP contribution in [0.1, 0.15) is 37.3 Å². The number of halogens is 2. The number of hydrogen-bond donors (Lipinski definition) is 1. The molecule has 2 aliphatic carbocycles. The highest BCUT2D eigenvalue weighted by molar-refractivity contribution is 5.92. The molecule has 0 spiro atoms. The van der Waals surface area contributed by atoms with Gasteiger partial charge in [-0.2, -0.15) is 0 Å². The van der Waals surface area contributed by atoms with Gasteiger partial charge < -0.3 is 19.9 Å². The fourth-order valence-electron chi connectivity index (χ4n) is 5.28. The van der Waals surface area contributed by atoms with Crippen LogP contribution in [0.5, 0.6) is 5.75 Å². The van der Waals surface area contributed by atoms with Crippen molar-refractivity contribution in [3.8, 4) is 5.75 Å². The monoisotopic (exact) mass is 389 g/mol. The van der Waals surface area contributed by atoms with Crippen LogP contribution in [0.2, 0.25) is 0 Å². The number of aryl methyl sites for hydroxylation is 1. The third-order valence-electron chi connectivity index (χ3n) is 6.87. The average Bonchev–Trinajstić information content (AvgIpc) is 3.13. The summed E-state index contributed by atoms with van der Waals surface area (Å²) in [6, 6.07) is 0.944. The smallest absolute Gasteiger partial charge is 0.192 e. The van der Waals surface area contributed by atoms with Gasteiger partial charge in [0.15, 0.2) is 17.0 Å². The number of hydrogen-bond acceptors (Lipinski definition) is 4. The number of rotatable bonds is 3. The summed E-state index contributed by atoms with van der Waals surface area (Å²) in [6.45, 7) is 2.90. The van der Waals surface area contributed by atoms with Gasteiger partial charge in [-0.25, -0.2) is 8.78 Å². The van der Waals surface area contributed by atoms with Gasteiger partial charge in [0.25, 0.3) is 0 Å². The second-order valence-electron chi connectivity index (χ2n) is 8.71. The van der Waals surface area contributed by atoms with Crippen molar-refractivity contribution in [3.05, 3.63) is 33.9 Å². The van der Waals surface area contributed by atoms with Crippen molar-refractivity contribution < 1.29 is 13.5 Å². The molecule has 0 amide bonds. The maximum atomic E-state index is 15.3. The van der Waals surface area contributed by atoms with Gasteiger partial charge >= 0.3 is 0 Å². The van der Waals surface area contributed by atoms with Crippen molar-refractivity contribution in [1.82, 2.24) is 4.57 Å². The normalized spacial score (nSPS) is 31.5. The molecule has 1 aliphatic heterocycles. The first-order valence-electron chi connectivity index (χ1n) is 9.94. The third kappa shape index (κ3) is 2.41. The van der Waals surface area contributed by atoms with E-state index in [0.717, 1.165) is 19.3 Å². The highest BCUT2D eigenvalue weighted by Crippen LogP contribution is 2.48. The van der Waals surface area contributed by atoms with Crippen molar-refractivity contribution >= 4 is 16.6 Å². The molecule has 4 atom stereocenters. The lowest BCUT2D eigenvalue weighted by Gasteiger charge is -2.27. The summed E-state index contributed by atoms with van der Waals surface area (Å²) >= 11 is 0. The summed E-state index contributed by atoms with van der Waals surface area (Å²) < 4.78 is 36.6. The summed E-state index contributed by atoms with van der Waals surface area (Å²) in [5, 5.41) is 0.235. The molecule has 28 heavy (non-hydrogen) atoms. The Kier molecular flexibility index (Phi) is 3.79. The van der Waals surface area contributed by atoms with E-state index in [4.69, 9.17) is 10.5 Å². The highest BCUT2D eigenvalue weighted by atomic mass is 19.1. The molecule has 3 fully saturated rings. The number of alkyl halides is 1.